The van der Waals surface area contributed by atoms with Crippen molar-refractivity contribution in [2.24, 2.45) is 5.41 Å². The molecule has 3 heterocycles. The van der Waals surface area contributed by atoms with Crippen LogP contribution in [0.15, 0.2) is 0 Å². The van der Waals surface area contributed by atoms with Crippen LogP contribution in [0.1, 0.15) is 26.2 Å². The molecule has 3 aliphatic rings. The van der Waals surface area contributed by atoms with Crippen molar-refractivity contribution in [2.45, 2.75) is 26.2 Å². The molecule has 0 spiro atoms. The maximum Gasteiger partial charge on any atom is 0.332 e. The monoisotopic (exact) mass is 190 g/mol. The molecule has 0 unspecified atom stereocenters. The average molecular weight is 190 g/mol. The van der Waals surface area contributed by atoms with Crippen molar-refractivity contribution in [1.82, 2.24) is 0 Å². The third-order valence-corrected chi connectivity index (χ3v) is 3.51. The summed E-state index contributed by atoms with van der Waals surface area (Å²) >= 11 is 0. The van der Waals surface area contributed by atoms with Gasteiger partial charge in [0.05, 0.1) is 19.8 Å². The molecule has 12 heavy (non-hydrogen) atoms. The van der Waals surface area contributed by atoms with Crippen LogP contribution in [0.25, 0.3) is 0 Å². The lowest BCUT2D eigenvalue weighted by Crippen LogP contribution is -2.43. The zero-order valence-electron chi connectivity index (χ0n) is 7.41. The molecule has 0 aromatic carbocycles. The van der Waals surface area contributed by atoms with Crippen LogP contribution in [0.3, 0.4) is 0 Å². The fourth-order valence-electron chi connectivity index (χ4n) is 1.57. The zero-order chi connectivity index (χ0) is 8.44. The van der Waals surface area contributed by atoms with Crippen molar-refractivity contribution < 1.29 is 13.6 Å². The van der Waals surface area contributed by atoms with Gasteiger partial charge in [0, 0.05) is 5.41 Å². The Hall–Kier alpha value is 0.310. The van der Waals surface area contributed by atoms with Gasteiger partial charge < -0.3 is 13.6 Å². The van der Waals surface area contributed by atoms with E-state index in [0.717, 1.165) is 19.8 Å². The molecule has 3 aliphatic heterocycles. The first-order chi connectivity index (χ1) is 5.85. The van der Waals surface area contributed by atoms with Gasteiger partial charge in [-0.3, -0.25) is 0 Å². The normalized spacial score (nSPS) is 40.2. The molecule has 2 bridgehead atoms. The third kappa shape index (κ3) is 1.64. The molecule has 70 valence electrons. The van der Waals surface area contributed by atoms with Crippen molar-refractivity contribution in [1.29, 1.82) is 0 Å². The summed E-state index contributed by atoms with van der Waals surface area (Å²) in [4.78, 5) is 0. The summed E-state index contributed by atoms with van der Waals surface area (Å²) in [6.07, 6.45) is 3.65. The summed E-state index contributed by atoms with van der Waals surface area (Å²) in [7, 11) is -0.950. The van der Waals surface area contributed by atoms with E-state index in [2.05, 4.69) is 6.92 Å². The Labute approximate surface area is 74.4 Å². The van der Waals surface area contributed by atoms with E-state index in [1.54, 1.807) is 0 Å². The van der Waals surface area contributed by atoms with Gasteiger partial charge >= 0.3 is 8.60 Å². The second-order valence-electron chi connectivity index (χ2n) is 3.65. The molecular formula is C8H15O3P. The van der Waals surface area contributed by atoms with Gasteiger partial charge in [0.2, 0.25) is 0 Å². The predicted molar refractivity (Wildman–Crippen MR) is 46.7 cm³/mol. The number of hydrogen-bond donors (Lipinski definition) is 0. The molecule has 3 rings (SSSR count). The first-order valence-electron chi connectivity index (χ1n) is 4.54. The highest BCUT2D eigenvalue weighted by molar-refractivity contribution is 7.41. The summed E-state index contributed by atoms with van der Waals surface area (Å²) in [5.74, 6) is 0. The van der Waals surface area contributed by atoms with Crippen LogP contribution < -0.4 is 0 Å². The lowest BCUT2D eigenvalue weighted by Gasteiger charge is -2.44. The van der Waals surface area contributed by atoms with Crippen molar-refractivity contribution in [3.8, 4) is 0 Å². The highest BCUT2D eigenvalue weighted by atomic mass is 31.2. The van der Waals surface area contributed by atoms with E-state index < -0.39 is 8.60 Å². The molecular weight excluding hydrogens is 175 g/mol. The molecule has 0 amide bonds. The van der Waals surface area contributed by atoms with Gasteiger partial charge in [-0.05, 0) is 6.42 Å². The Balaban J connectivity index is 1.90. The summed E-state index contributed by atoms with van der Waals surface area (Å²) in [6.45, 7) is 4.74. The molecule has 0 aromatic rings. The van der Waals surface area contributed by atoms with Crippen LogP contribution in [0.5, 0.6) is 0 Å². The molecule has 0 saturated carbocycles. The third-order valence-electron chi connectivity index (χ3n) is 2.49. The first-order valence-corrected chi connectivity index (χ1v) is 5.63. The minimum Gasteiger partial charge on any atom is -0.311 e. The largest absolute Gasteiger partial charge is 0.332 e. The maximum absolute atomic E-state index is 5.40. The van der Waals surface area contributed by atoms with E-state index >= 15 is 0 Å². The summed E-state index contributed by atoms with van der Waals surface area (Å²) < 4.78 is 16.2. The van der Waals surface area contributed by atoms with Crippen molar-refractivity contribution in [3.05, 3.63) is 0 Å². The van der Waals surface area contributed by atoms with Gasteiger partial charge in [0.1, 0.15) is 0 Å². The lowest BCUT2D eigenvalue weighted by atomic mass is 9.85. The number of rotatable bonds is 3. The Kier molecular flexibility index (Phi) is 2.66. The molecule has 0 aromatic heterocycles. The van der Waals surface area contributed by atoms with Gasteiger partial charge in [-0.25, -0.2) is 0 Å². The Morgan fingerprint density at radius 1 is 1.17 bits per heavy atom. The molecule has 3 saturated heterocycles. The molecule has 0 radical (unpaired) electrons. The van der Waals surface area contributed by atoms with E-state index in [1.165, 1.54) is 19.3 Å². The fraction of sp³-hybridized carbons (Fsp3) is 1.00. The molecule has 0 aliphatic carbocycles. The molecule has 0 N–H and O–H groups in total. The quantitative estimate of drug-likeness (QED) is 0.640. The molecule has 0 atom stereocenters. The molecule has 3 fully saturated rings. The summed E-state index contributed by atoms with van der Waals surface area (Å²) in [5.41, 5.74) is 0.188. The minimum atomic E-state index is -0.950. The van der Waals surface area contributed by atoms with Crippen molar-refractivity contribution in [3.63, 3.8) is 0 Å². The number of hydrogen-bond acceptors (Lipinski definition) is 3. The van der Waals surface area contributed by atoms with Crippen LogP contribution in [0.2, 0.25) is 0 Å². The predicted octanol–water partition coefficient (Wildman–Crippen LogP) is 2.47. The second-order valence-corrected chi connectivity index (χ2v) is 4.87. The number of unbranched alkanes of at least 4 members (excludes halogenated alkanes) is 1. The average Bonchev–Trinajstić information content (AvgIpc) is 2.18. The SMILES string of the molecule is CCCCC12COP(OC1)OC2. The van der Waals surface area contributed by atoms with Crippen LogP contribution in [-0.2, 0) is 13.6 Å². The van der Waals surface area contributed by atoms with Crippen LogP contribution in [0, 0.1) is 5.41 Å². The van der Waals surface area contributed by atoms with E-state index in [4.69, 9.17) is 13.6 Å². The van der Waals surface area contributed by atoms with Crippen LogP contribution in [-0.4, -0.2) is 19.8 Å². The highest BCUT2D eigenvalue weighted by Crippen LogP contribution is 2.54. The minimum absolute atomic E-state index is 0.188. The Bertz CT molecular complexity index is 141. The molecule has 4 heteroatoms. The van der Waals surface area contributed by atoms with E-state index in [9.17, 15) is 0 Å². The fourth-order valence-corrected chi connectivity index (χ4v) is 2.94. The van der Waals surface area contributed by atoms with E-state index in [1.807, 2.05) is 0 Å². The Morgan fingerprint density at radius 3 is 2.25 bits per heavy atom. The van der Waals surface area contributed by atoms with Crippen molar-refractivity contribution in [2.75, 3.05) is 19.8 Å². The summed E-state index contributed by atoms with van der Waals surface area (Å²) in [5, 5.41) is 0. The van der Waals surface area contributed by atoms with Crippen LogP contribution >= 0.6 is 8.60 Å². The zero-order valence-corrected chi connectivity index (χ0v) is 8.31. The van der Waals surface area contributed by atoms with Gasteiger partial charge in [0.25, 0.3) is 0 Å². The lowest BCUT2D eigenvalue weighted by molar-refractivity contribution is -0.0776. The standard InChI is InChI=1S/C8H15O3P/c1-2-3-4-8-5-9-12(10-6-8)11-7-8/h2-7H2,1H3. The van der Waals surface area contributed by atoms with Gasteiger partial charge in [-0.1, -0.05) is 19.8 Å². The van der Waals surface area contributed by atoms with E-state index in [-0.39, 0.29) is 5.41 Å². The van der Waals surface area contributed by atoms with Crippen LogP contribution in [0.4, 0.5) is 0 Å². The van der Waals surface area contributed by atoms with Crippen molar-refractivity contribution >= 4 is 8.60 Å². The smallest absolute Gasteiger partial charge is 0.311 e. The first kappa shape index (κ1) is 8.89. The maximum atomic E-state index is 5.40. The second kappa shape index (κ2) is 3.59. The van der Waals surface area contributed by atoms with Gasteiger partial charge in [0.15, 0.2) is 0 Å². The van der Waals surface area contributed by atoms with Gasteiger partial charge in [-0.15, -0.1) is 0 Å². The van der Waals surface area contributed by atoms with E-state index in [0.29, 0.717) is 0 Å². The number of fused-ring (bicyclic) bond motifs is 3. The van der Waals surface area contributed by atoms with Gasteiger partial charge in [-0.2, -0.15) is 0 Å². The Morgan fingerprint density at radius 2 is 1.75 bits per heavy atom. The molecule has 3 nitrogen and oxygen atoms in total. The highest BCUT2D eigenvalue weighted by Gasteiger charge is 2.43. The summed E-state index contributed by atoms with van der Waals surface area (Å²) in [6, 6.07) is 0. The topological polar surface area (TPSA) is 27.7 Å².